The Hall–Kier alpha value is -1.49. The van der Waals surface area contributed by atoms with Gasteiger partial charge < -0.3 is 4.90 Å². The van der Waals surface area contributed by atoms with Crippen molar-refractivity contribution in [2.75, 3.05) is 17.2 Å². The first kappa shape index (κ1) is 12.5. The lowest BCUT2D eigenvalue weighted by Crippen LogP contribution is -2.33. The topological polar surface area (TPSA) is 43.7 Å². The van der Waals surface area contributed by atoms with Crippen molar-refractivity contribution in [1.82, 2.24) is 0 Å². The molecular weight excluding hydrogens is 258 g/mol. The molecule has 0 saturated heterocycles. The van der Waals surface area contributed by atoms with Crippen molar-refractivity contribution in [3.8, 4) is 0 Å². The van der Waals surface area contributed by atoms with Crippen LogP contribution in [0, 0.1) is 6.07 Å². The molecule has 0 saturated carbocycles. The van der Waals surface area contributed by atoms with E-state index in [1.807, 2.05) is 48.5 Å². The molecule has 0 atom stereocenters. The summed E-state index contributed by atoms with van der Waals surface area (Å²) in [7, 11) is -2.62. The van der Waals surface area contributed by atoms with Crippen LogP contribution in [-0.2, 0) is 6.54 Å². The first-order valence-electron chi connectivity index (χ1n) is 6.22. The number of benzene rings is 2. The van der Waals surface area contributed by atoms with E-state index in [0.717, 1.165) is 12.2 Å². The van der Waals surface area contributed by atoms with E-state index in [0.29, 0.717) is 17.2 Å². The molecular formula is C15H16NO2S. The number of nitrogens with zero attached hydrogens (tertiary/aromatic N) is 1. The van der Waals surface area contributed by atoms with Crippen molar-refractivity contribution in [1.29, 1.82) is 0 Å². The summed E-state index contributed by atoms with van der Waals surface area (Å²) < 4.78 is 20.2. The number of hydrogen-bond donors (Lipinski definition) is 2. The maximum absolute atomic E-state index is 10.1. The molecule has 0 spiro atoms. The van der Waals surface area contributed by atoms with E-state index in [9.17, 15) is 9.11 Å². The Kier molecular flexibility index (Phi) is 3.22. The van der Waals surface area contributed by atoms with E-state index in [1.54, 1.807) is 0 Å². The van der Waals surface area contributed by atoms with E-state index in [-0.39, 0.29) is 0 Å². The third-order valence-corrected chi connectivity index (χ3v) is 5.17. The Balaban J connectivity index is 1.93. The summed E-state index contributed by atoms with van der Waals surface area (Å²) >= 11 is 0. The molecule has 2 aromatic carbocycles. The lowest BCUT2D eigenvalue weighted by Gasteiger charge is -2.43. The maximum Gasteiger partial charge on any atom is 0.0818 e. The zero-order valence-corrected chi connectivity index (χ0v) is 11.3. The molecule has 99 valence electrons. The largest absolute Gasteiger partial charge is 0.364 e. The average molecular weight is 274 g/mol. The van der Waals surface area contributed by atoms with Crippen LogP contribution in [0.15, 0.2) is 53.4 Å². The molecule has 1 aliphatic rings. The third kappa shape index (κ3) is 2.47. The molecule has 1 aliphatic heterocycles. The molecule has 1 heterocycles. The van der Waals surface area contributed by atoms with E-state index < -0.39 is 10.6 Å². The fourth-order valence-electron chi connectivity index (χ4n) is 2.37. The number of fused-ring (bicyclic) bond motifs is 1. The van der Waals surface area contributed by atoms with Crippen LogP contribution in [0.4, 0.5) is 5.69 Å². The standard InChI is InChI=1S/C15H16NO2S/c17-19(18)11-10-16(12-13-6-2-1-3-7-13)14-8-4-5-9-15(14)19/h2-9,17-18H,10-12H2. The SMILES string of the molecule is OS1(O)CCN(Cc2cc[c]cc2)c2ccccc21. The van der Waals surface area contributed by atoms with Crippen LogP contribution in [0.1, 0.15) is 5.56 Å². The van der Waals surface area contributed by atoms with Gasteiger partial charge >= 0.3 is 0 Å². The van der Waals surface area contributed by atoms with Gasteiger partial charge in [-0.3, -0.25) is 9.11 Å². The Labute approximate surface area is 114 Å². The van der Waals surface area contributed by atoms with Gasteiger partial charge in [0.05, 0.1) is 16.3 Å². The number of para-hydroxylation sites is 1. The van der Waals surface area contributed by atoms with Crippen molar-refractivity contribution >= 4 is 16.3 Å². The zero-order chi connectivity index (χ0) is 13.3. The lowest BCUT2D eigenvalue weighted by atomic mass is 10.2. The molecule has 3 rings (SSSR count). The van der Waals surface area contributed by atoms with Gasteiger partial charge in [0.2, 0.25) is 0 Å². The molecule has 1 radical (unpaired) electrons. The summed E-state index contributed by atoms with van der Waals surface area (Å²) in [6, 6.07) is 18.4. The molecule has 0 fully saturated rings. The van der Waals surface area contributed by atoms with Crippen LogP contribution in [0.2, 0.25) is 0 Å². The van der Waals surface area contributed by atoms with Gasteiger partial charge in [0.15, 0.2) is 0 Å². The van der Waals surface area contributed by atoms with Gasteiger partial charge in [-0.05, 0) is 23.8 Å². The van der Waals surface area contributed by atoms with Crippen molar-refractivity contribution in [2.24, 2.45) is 0 Å². The van der Waals surface area contributed by atoms with Gasteiger partial charge in [-0.25, -0.2) is 0 Å². The maximum atomic E-state index is 10.1. The molecule has 0 unspecified atom stereocenters. The Bertz CT molecular complexity index is 571. The first-order valence-corrected chi connectivity index (χ1v) is 7.93. The van der Waals surface area contributed by atoms with Crippen molar-refractivity contribution in [3.05, 3.63) is 60.2 Å². The minimum absolute atomic E-state index is 0.406. The van der Waals surface area contributed by atoms with E-state index in [1.165, 1.54) is 5.56 Å². The van der Waals surface area contributed by atoms with Crippen LogP contribution in [-0.4, -0.2) is 21.4 Å². The van der Waals surface area contributed by atoms with Crippen LogP contribution >= 0.6 is 10.6 Å². The highest BCUT2D eigenvalue weighted by atomic mass is 32.3. The molecule has 0 bridgehead atoms. The van der Waals surface area contributed by atoms with E-state index >= 15 is 0 Å². The van der Waals surface area contributed by atoms with Crippen molar-refractivity contribution in [2.45, 2.75) is 11.4 Å². The summed E-state index contributed by atoms with van der Waals surface area (Å²) in [5, 5.41) is 0. The normalized spacial score (nSPS) is 18.7. The summed E-state index contributed by atoms with van der Waals surface area (Å²) in [6.45, 7) is 1.44. The number of rotatable bonds is 2. The second-order valence-electron chi connectivity index (χ2n) is 4.67. The smallest absolute Gasteiger partial charge is 0.0818 e. The predicted octanol–water partition coefficient (Wildman–Crippen LogP) is 3.62. The van der Waals surface area contributed by atoms with Crippen molar-refractivity contribution in [3.63, 3.8) is 0 Å². The quantitative estimate of drug-likeness (QED) is 0.879. The molecule has 0 aliphatic carbocycles. The highest BCUT2D eigenvalue weighted by Gasteiger charge is 2.28. The average Bonchev–Trinajstić information content (AvgIpc) is 2.44. The molecule has 2 aromatic rings. The summed E-state index contributed by atoms with van der Waals surface area (Å²) in [5.41, 5.74) is 2.13. The van der Waals surface area contributed by atoms with Gasteiger partial charge in [0, 0.05) is 13.1 Å². The minimum Gasteiger partial charge on any atom is -0.364 e. The zero-order valence-electron chi connectivity index (χ0n) is 10.5. The van der Waals surface area contributed by atoms with Gasteiger partial charge in [-0.2, -0.15) is 10.6 Å². The molecule has 4 heteroatoms. The Morgan fingerprint density at radius 1 is 1.11 bits per heavy atom. The monoisotopic (exact) mass is 274 g/mol. The fourth-order valence-corrected chi connectivity index (χ4v) is 3.90. The van der Waals surface area contributed by atoms with E-state index in [2.05, 4.69) is 11.0 Å². The van der Waals surface area contributed by atoms with Gasteiger partial charge in [-0.15, -0.1) is 0 Å². The minimum atomic E-state index is -2.62. The molecule has 0 aromatic heterocycles. The lowest BCUT2D eigenvalue weighted by molar-refractivity contribution is 0.481. The van der Waals surface area contributed by atoms with Crippen LogP contribution in [0.5, 0.6) is 0 Å². The van der Waals surface area contributed by atoms with Gasteiger partial charge in [0.1, 0.15) is 0 Å². The van der Waals surface area contributed by atoms with Crippen LogP contribution < -0.4 is 4.90 Å². The van der Waals surface area contributed by atoms with Crippen molar-refractivity contribution < 1.29 is 9.11 Å². The fraction of sp³-hybridized carbons (Fsp3) is 0.200. The van der Waals surface area contributed by atoms with Gasteiger partial charge in [-0.1, -0.05) is 36.4 Å². The number of hydrogen-bond acceptors (Lipinski definition) is 3. The molecule has 3 nitrogen and oxygen atoms in total. The highest BCUT2D eigenvalue weighted by molar-refractivity contribution is 8.24. The summed E-state index contributed by atoms with van der Waals surface area (Å²) in [5.74, 6) is 0.406. The second kappa shape index (κ2) is 4.89. The Morgan fingerprint density at radius 2 is 1.84 bits per heavy atom. The first-order chi connectivity index (χ1) is 9.17. The molecule has 2 N–H and O–H groups in total. The van der Waals surface area contributed by atoms with E-state index in [4.69, 9.17) is 0 Å². The second-order valence-corrected chi connectivity index (χ2v) is 6.85. The predicted molar refractivity (Wildman–Crippen MR) is 78.8 cm³/mol. The summed E-state index contributed by atoms with van der Waals surface area (Å²) in [4.78, 5) is 2.87. The van der Waals surface area contributed by atoms with Crippen LogP contribution in [0.25, 0.3) is 0 Å². The Morgan fingerprint density at radius 3 is 2.63 bits per heavy atom. The van der Waals surface area contributed by atoms with Crippen LogP contribution in [0.3, 0.4) is 0 Å². The third-order valence-electron chi connectivity index (χ3n) is 3.36. The van der Waals surface area contributed by atoms with Gasteiger partial charge in [0.25, 0.3) is 0 Å². The highest BCUT2D eigenvalue weighted by Crippen LogP contribution is 2.54. The number of anilines is 1. The molecule has 19 heavy (non-hydrogen) atoms. The summed E-state index contributed by atoms with van der Waals surface area (Å²) in [6.07, 6.45) is 0. The molecule has 0 amide bonds.